The minimum atomic E-state index is -0.679. The van der Waals surface area contributed by atoms with Gasteiger partial charge in [0.05, 0.1) is 36.5 Å². The van der Waals surface area contributed by atoms with Crippen LogP contribution in [-0.4, -0.2) is 46.0 Å². The number of hydrogen-bond acceptors (Lipinski definition) is 6. The molecule has 9 heteroatoms. The van der Waals surface area contributed by atoms with Crippen LogP contribution in [0.15, 0.2) is 40.9 Å². The summed E-state index contributed by atoms with van der Waals surface area (Å²) in [4.78, 5) is 30.2. The minimum absolute atomic E-state index is 0.322. The predicted octanol–water partition coefficient (Wildman–Crippen LogP) is 5.54. The number of aryl methyl sites for hydroxylation is 1. The molecule has 0 radical (unpaired) electrons. The highest BCUT2D eigenvalue weighted by molar-refractivity contribution is 9.10. The van der Waals surface area contributed by atoms with Crippen molar-refractivity contribution < 1.29 is 23.8 Å². The summed E-state index contributed by atoms with van der Waals surface area (Å²) in [6.07, 6.45) is -0.514. The Morgan fingerprint density at radius 2 is 1.79 bits per heavy atom. The van der Waals surface area contributed by atoms with Crippen LogP contribution in [0.1, 0.15) is 31.1 Å². The van der Waals surface area contributed by atoms with Crippen LogP contribution in [0, 0.1) is 0 Å². The number of hydrogen-bond donors (Lipinski definition) is 0. The molecule has 0 unspecified atom stereocenters. The fraction of sp³-hybridized carbons (Fsp3) is 0.292. The van der Waals surface area contributed by atoms with Gasteiger partial charge in [0.15, 0.2) is 5.82 Å². The van der Waals surface area contributed by atoms with Crippen LogP contribution in [0.25, 0.3) is 33.5 Å². The number of esters is 1. The Morgan fingerprint density at radius 1 is 1.06 bits per heavy atom. The predicted molar refractivity (Wildman–Crippen MR) is 129 cm³/mol. The molecule has 2 heterocycles. The average Bonchev–Trinajstić information content (AvgIpc) is 3.28. The Hall–Kier alpha value is -3.33. The van der Waals surface area contributed by atoms with Crippen molar-refractivity contribution in [3.05, 3.63) is 46.4 Å². The van der Waals surface area contributed by atoms with Crippen molar-refractivity contribution >= 4 is 49.9 Å². The van der Waals surface area contributed by atoms with Crippen molar-refractivity contribution in [1.29, 1.82) is 0 Å². The van der Waals surface area contributed by atoms with E-state index in [-0.39, 0.29) is 0 Å². The van der Waals surface area contributed by atoms with E-state index in [1.165, 1.54) is 18.8 Å². The third-order valence-electron chi connectivity index (χ3n) is 5.15. The molecule has 0 bridgehead atoms. The molecule has 33 heavy (non-hydrogen) atoms. The number of carbonyl (C=O) groups excluding carboxylic acids is 2. The quantitative estimate of drug-likeness (QED) is 0.334. The zero-order valence-electron chi connectivity index (χ0n) is 19.2. The molecule has 0 spiro atoms. The number of rotatable bonds is 3. The Balaban J connectivity index is 2.01. The molecule has 0 N–H and O–H groups in total. The monoisotopic (exact) mass is 513 g/mol. The van der Waals surface area contributed by atoms with Crippen LogP contribution in [0.5, 0.6) is 5.75 Å². The summed E-state index contributed by atoms with van der Waals surface area (Å²) in [5.74, 6) is 0.496. The summed E-state index contributed by atoms with van der Waals surface area (Å²) >= 11 is 3.49. The van der Waals surface area contributed by atoms with Gasteiger partial charge in [0.25, 0.3) is 0 Å². The van der Waals surface area contributed by atoms with Crippen LogP contribution in [-0.2, 0) is 16.5 Å². The third kappa shape index (κ3) is 4.08. The van der Waals surface area contributed by atoms with Crippen LogP contribution >= 0.6 is 15.9 Å². The van der Waals surface area contributed by atoms with Gasteiger partial charge < -0.3 is 18.8 Å². The van der Waals surface area contributed by atoms with Crippen molar-refractivity contribution in [3.63, 3.8) is 0 Å². The smallest absolute Gasteiger partial charge is 0.419 e. The van der Waals surface area contributed by atoms with Crippen molar-refractivity contribution in [2.45, 2.75) is 26.4 Å². The summed E-state index contributed by atoms with van der Waals surface area (Å²) in [6, 6.07) is 10.8. The summed E-state index contributed by atoms with van der Waals surface area (Å²) < 4.78 is 20.3. The van der Waals surface area contributed by atoms with Gasteiger partial charge in [-0.25, -0.2) is 19.1 Å². The molecule has 0 aliphatic rings. The molecule has 0 atom stereocenters. The Kier molecular flexibility index (Phi) is 5.69. The van der Waals surface area contributed by atoms with E-state index in [1.807, 2.05) is 56.7 Å². The van der Waals surface area contributed by atoms with Crippen molar-refractivity contribution in [3.8, 4) is 17.3 Å². The largest absolute Gasteiger partial charge is 0.494 e. The standard InChI is InChI=1S/C24H24BrN3O5/c1-24(2,3)33-23(30)28-17-12-15(25)8-7-13(17)10-18(28)21-26-16-9-14(22(29)32-6)11-19(31-5)20(16)27(21)4/h7-12H,1-6H3. The number of imidazole rings is 1. The second-order valence-electron chi connectivity index (χ2n) is 8.58. The van der Waals surface area contributed by atoms with Crippen molar-refractivity contribution in [2.75, 3.05) is 14.2 Å². The molecule has 172 valence electrons. The Bertz CT molecular complexity index is 1410. The molecule has 0 fully saturated rings. The topological polar surface area (TPSA) is 84.6 Å². The number of nitrogens with zero attached hydrogens (tertiary/aromatic N) is 3. The number of aromatic nitrogens is 3. The molecule has 8 nitrogen and oxygen atoms in total. The lowest BCUT2D eigenvalue weighted by Gasteiger charge is -2.21. The first-order valence-corrected chi connectivity index (χ1v) is 11.0. The minimum Gasteiger partial charge on any atom is -0.494 e. The fourth-order valence-corrected chi connectivity index (χ4v) is 4.12. The highest BCUT2D eigenvalue weighted by atomic mass is 79.9. The van der Waals surface area contributed by atoms with Gasteiger partial charge >= 0.3 is 12.1 Å². The molecule has 0 saturated carbocycles. The molecule has 0 aliphatic carbocycles. The van der Waals surface area contributed by atoms with Crippen molar-refractivity contribution in [2.24, 2.45) is 7.05 Å². The van der Waals surface area contributed by atoms with Gasteiger partial charge in [0, 0.05) is 16.9 Å². The van der Waals surface area contributed by atoms with E-state index in [1.54, 1.807) is 12.1 Å². The maximum atomic E-state index is 13.3. The maximum absolute atomic E-state index is 13.3. The van der Waals surface area contributed by atoms with Gasteiger partial charge in [-0.15, -0.1) is 0 Å². The SMILES string of the molecule is COC(=O)c1cc(OC)c2c(c1)nc(-c1cc3ccc(Br)cc3n1C(=O)OC(C)(C)C)n2C. The third-order valence-corrected chi connectivity index (χ3v) is 5.64. The molecule has 4 rings (SSSR count). The molecule has 0 amide bonds. The van der Waals surface area contributed by atoms with Crippen molar-refractivity contribution in [1.82, 2.24) is 14.1 Å². The van der Waals surface area contributed by atoms with Gasteiger partial charge in [-0.1, -0.05) is 22.0 Å². The second kappa shape index (κ2) is 8.22. The van der Waals surface area contributed by atoms with Gasteiger partial charge in [-0.3, -0.25) is 0 Å². The number of ether oxygens (including phenoxy) is 3. The number of halogens is 1. The second-order valence-corrected chi connectivity index (χ2v) is 9.50. The number of methoxy groups -OCH3 is 2. The fourth-order valence-electron chi connectivity index (χ4n) is 3.77. The zero-order chi connectivity index (χ0) is 24.1. The van der Waals surface area contributed by atoms with E-state index in [9.17, 15) is 9.59 Å². The first-order valence-electron chi connectivity index (χ1n) is 10.2. The normalized spacial score (nSPS) is 11.7. The van der Waals surface area contributed by atoms with Crippen LogP contribution < -0.4 is 4.74 Å². The lowest BCUT2D eigenvalue weighted by atomic mass is 10.2. The van der Waals surface area contributed by atoms with E-state index in [0.717, 1.165) is 9.86 Å². The summed E-state index contributed by atoms with van der Waals surface area (Å²) in [5.41, 5.74) is 2.10. The Labute approximate surface area is 199 Å². The molecular weight excluding hydrogens is 490 g/mol. The number of benzene rings is 2. The lowest BCUT2D eigenvalue weighted by Crippen LogP contribution is -2.27. The van der Waals surface area contributed by atoms with Crippen LogP contribution in [0.4, 0.5) is 4.79 Å². The molecule has 2 aromatic carbocycles. The first-order chi connectivity index (χ1) is 15.5. The lowest BCUT2D eigenvalue weighted by molar-refractivity contribution is 0.0545. The molecule has 0 aliphatic heterocycles. The Morgan fingerprint density at radius 3 is 2.42 bits per heavy atom. The summed E-state index contributed by atoms with van der Waals surface area (Å²) in [7, 11) is 4.68. The molecule has 2 aromatic heterocycles. The average molecular weight is 514 g/mol. The summed E-state index contributed by atoms with van der Waals surface area (Å²) in [5, 5.41) is 0.855. The number of carbonyl (C=O) groups is 2. The van der Waals surface area contributed by atoms with Crippen LogP contribution in [0.3, 0.4) is 0 Å². The van der Waals surface area contributed by atoms with E-state index in [4.69, 9.17) is 19.2 Å². The summed E-state index contributed by atoms with van der Waals surface area (Å²) in [6.45, 7) is 5.46. The molecule has 4 aromatic rings. The van der Waals surface area contributed by atoms with E-state index in [0.29, 0.717) is 39.4 Å². The number of fused-ring (bicyclic) bond motifs is 2. The van der Waals surface area contributed by atoms with E-state index in [2.05, 4.69) is 15.9 Å². The van der Waals surface area contributed by atoms with Crippen LogP contribution in [0.2, 0.25) is 0 Å². The van der Waals surface area contributed by atoms with E-state index < -0.39 is 17.7 Å². The van der Waals surface area contributed by atoms with Gasteiger partial charge in [0.1, 0.15) is 16.9 Å². The highest BCUT2D eigenvalue weighted by Crippen LogP contribution is 2.35. The van der Waals surface area contributed by atoms with Gasteiger partial charge in [-0.2, -0.15) is 0 Å². The highest BCUT2D eigenvalue weighted by Gasteiger charge is 2.26. The van der Waals surface area contributed by atoms with Gasteiger partial charge in [-0.05, 0) is 51.1 Å². The van der Waals surface area contributed by atoms with Gasteiger partial charge in [0.2, 0.25) is 0 Å². The zero-order valence-corrected chi connectivity index (χ0v) is 20.8. The molecular formula is C24H24BrN3O5. The van der Waals surface area contributed by atoms with E-state index >= 15 is 0 Å². The first kappa shape index (κ1) is 22.8. The maximum Gasteiger partial charge on any atom is 0.419 e. The molecule has 0 saturated heterocycles.